The third-order valence-corrected chi connectivity index (χ3v) is 11.3. The summed E-state index contributed by atoms with van der Waals surface area (Å²) in [7, 11) is 0. The minimum absolute atomic E-state index is 0.0794. The van der Waals surface area contributed by atoms with E-state index in [0.717, 1.165) is 54.3 Å². The topological polar surface area (TPSA) is 20.2 Å². The molecule has 0 aromatic carbocycles. The van der Waals surface area contributed by atoms with Gasteiger partial charge in [0.25, 0.3) is 0 Å². The van der Waals surface area contributed by atoms with E-state index in [9.17, 15) is 5.11 Å². The normalized spacial score (nSPS) is 45.3. The number of fused-ring (bicyclic) bond motifs is 5. The van der Waals surface area contributed by atoms with E-state index in [1.165, 1.54) is 57.8 Å². The van der Waals surface area contributed by atoms with Gasteiger partial charge in [0.1, 0.15) is 0 Å². The zero-order chi connectivity index (χ0) is 21.7. The Balaban J connectivity index is 1.47. The fraction of sp³-hybridized carbons (Fsp3) is 0.931. The van der Waals surface area contributed by atoms with Crippen molar-refractivity contribution in [2.45, 2.75) is 118 Å². The van der Waals surface area contributed by atoms with Crippen molar-refractivity contribution in [3.63, 3.8) is 0 Å². The summed E-state index contributed by atoms with van der Waals surface area (Å²) in [6.07, 6.45) is 17.1. The SMILES string of the molecule is CC[C@H](CC[C@@H](C)[C@H]1CC[C@@H]2[C@H]3CC=C4C[C@@H](O)CC[C@]4(C)[C@@H]3CC[C@]21C)C(C)C. The first-order valence-electron chi connectivity index (χ1n) is 13.6. The van der Waals surface area contributed by atoms with Crippen LogP contribution in [0.5, 0.6) is 0 Å². The number of hydrogen-bond donors (Lipinski definition) is 1. The molecule has 4 aliphatic rings. The van der Waals surface area contributed by atoms with Crippen LogP contribution in [0.2, 0.25) is 0 Å². The van der Waals surface area contributed by atoms with Crippen molar-refractivity contribution in [3.8, 4) is 0 Å². The molecule has 0 aromatic heterocycles. The maximum atomic E-state index is 10.2. The predicted molar refractivity (Wildman–Crippen MR) is 128 cm³/mol. The molecule has 4 aliphatic carbocycles. The van der Waals surface area contributed by atoms with E-state index in [1.54, 1.807) is 5.57 Å². The maximum Gasteiger partial charge on any atom is 0.0577 e. The zero-order valence-electron chi connectivity index (χ0n) is 20.9. The van der Waals surface area contributed by atoms with Gasteiger partial charge in [-0.05, 0) is 110 Å². The Labute approximate surface area is 187 Å². The van der Waals surface area contributed by atoms with Gasteiger partial charge < -0.3 is 5.11 Å². The summed E-state index contributed by atoms with van der Waals surface area (Å²) in [5.74, 6) is 6.31. The summed E-state index contributed by atoms with van der Waals surface area (Å²) in [5, 5.41) is 10.2. The standard InChI is InChI=1S/C29H50O/c1-7-21(19(2)3)9-8-20(4)25-12-13-26-24-11-10-22-18-23(30)14-16-28(22,5)27(24)15-17-29(25,26)6/h10,19-21,23-27,30H,7-9,11-18H2,1-6H3/t20-,21-,23+,24-,25-,26-,27-,28+,29+/m1/s1. The van der Waals surface area contributed by atoms with Crippen LogP contribution < -0.4 is 0 Å². The van der Waals surface area contributed by atoms with Crippen LogP contribution in [0.4, 0.5) is 0 Å². The molecular weight excluding hydrogens is 364 g/mol. The molecule has 0 bridgehead atoms. The van der Waals surface area contributed by atoms with Gasteiger partial charge >= 0.3 is 0 Å². The smallest absolute Gasteiger partial charge is 0.0577 e. The van der Waals surface area contributed by atoms with Crippen molar-refractivity contribution < 1.29 is 5.11 Å². The molecule has 1 heteroatoms. The van der Waals surface area contributed by atoms with Crippen LogP contribution >= 0.6 is 0 Å². The molecule has 9 atom stereocenters. The minimum atomic E-state index is -0.0794. The van der Waals surface area contributed by atoms with Crippen LogP contribution in [0.15, 0.2) is 11.6 Å². The van der Waals surface area contributed by atoms with E-state index in [0.29, 0.717) is 10.8 Å². The molecule has 0 aliphatic heterocycles. The van der Waals surface area contributed by atoms with E-state index in [2.05, 4.69) is 47.6 Å². The van der Waals surface area contributed by atoms with E-state index < -0.39 is 0 Å². The Bertz CT molecular complexity index is 634. The lowest BCUT2D eigenvalue weighted by molar-refractivity contribution is -0.0575. The van der Waals surface area contributed by atoms with Crippen molar-refractivity contribution in [2.24, 2.45) is 52.3 Å². The van der Waals surface area contributed by atoms with Gasteiger partial charge in [0.05, 0.1) is 6.10 Å². The van der Waals surface area contributed by atoms with Crippen molar-refractivity contribution >= 4 is 0 Å². The Hall–Kier alpha value is -0.300. The second kappa shape index (κ2) is 8.57. The average molecular weight is 415 g/mol. The van der Waals surface area contributed by atoms with Crippen LogP contribution in [0.3, 0.4) is 0 Å². The van der Waals surface area contributed by atoms with Crippen molar-refractivity contribution in [2.75, 3.05) is 0 Å². The second-order valence-electron chi connectivity index (χ2n) is 12.9. The summed E-state index contributed by atoms with van der Waals surface area (Å²) in [4.78, 5) is 0. The van der Waals surface area contributed by atoms with Gasteiger partial charge in [-0.2, -0.15) is 0 Å². The van der Waals surface area contributed by atoms with Crippen molar-refractivity contribution in [1.29, 1.82) is 0 Å². The summed E-state index contributed by atoms with van der Waals surface area (Å²) in [6.45, 7) is 15.1. The summed E-state index contributed by atoms with van der Waals surface area (Å²) in [5.41, 5.74) is 2.59. The number of aliphatic hydroxyl groups is 1. The van der Waals surface area contributed by atoms with E-state index in [1.807, 2.05) is 0 Å². The number of rotatable bonds is 6. The van der Waals surface area contributed by atoms with Crippen LogP contribution in [0, 0.1) is 52.3 Å². The summed E-state index contributed by atoms with van der Waals surface area (Å²) >= 11 is 0. The molecule has 0 spiro atoms. The van der Waals surface area contributed by atoms with E-state index in [-0.39, 0.29) is 6.10 Å². The molecule has 0 amide bonds. The maximum absolute atomic E-state index is 10.2. The highest BCUT2D eigenvalue weighted by molar-refractivity contribution is 5.25. The van der Waals surface area contributed by atoms with Gasteiger partial charge in [-0.15, -0.1) is 0 Å². The summed E-state index contributed by atoms with van der Waals surface area (Å²) in [6, 6.07) is 0. The first kappa shape index (κ1) is 22.9. The average Bonchev–Trinajstić information content (AvgIpc) is 3.06. The van der Waals surface area contributed by atoms with E-state index >= 15 is 0 Å². The molecule has 1 nitrogen and oxygen atoms in total. The molecule has 0 aromatic rings. The van der Waals surface area contributed by atoms with Gasteiger partial charge in [-0.1, -0.05) is 66.0 Å². The van der Waals surface area contributed by atoms with Gasteiger partial charge in [0.15, 0.2) is 0 Å². The quantitative estimate of drug-likeness (QED) is 0.436. The van der Waals surface area contributed by atoms with Crippen LogP contribution in [-0.4, -0.2) is 11.2 Å². The highest BCUT2D eigenvalue weighted by atomic mass is 16.3. The second-order valence-corrected chi connectivity index (χ2v) is 12.9. The predicted octanol–water partition coefficient (Wildman–Crippen LogP) is 8.02. The lowest BCUT2D eigenvalue weighted by atomic mass is 9.47. The monoisotopic (exact) mass is 414 g/mol. The fourth-order valence-electron chi connectivity index (χ4n) is 9.30. The molecule has 3 saturated carbocycles. The molecule has 0 heterocycles. The number of aliphatic hydroxyl groups excluding tert-OH is 1. The molecule has 4 rings (SSSR count). The Morgan fingerprint density at radius 2 is 1.77 bits per heavy atom. The third-order valence-electron chi connectivity index (χ3n) is 11.3. The van der Waals surface area contributed by atoms with Crippen molar-refractivity contribution in [3.05, 3.63) is 11.6 Å². The molecule has 0 saturated heterocycles. The molecule has 1 N–H and O–H groups in total. The van der Waals surface area contributed by atoms with Gasteiger partial charge in [0, 0.05) is 0 Å². The van der Waals surface area contributed by atoms with Crippen LogP contribution in [0.25, 0.3) is 0 Å². The lowest BCUT2D eigenvalue weighted by Crippen LogP contribution is -2.50. The zero-order valence-corrected chi connectivity index (χ0v) is 20.9. The Morgan fingerprint density at radius 1 is 1.00 bits per heavy atom. The van der Waals surface area contributed by atoms with Gasteiger partial charge in [0.2, 0.25) is 0 Å². The fourth-order valence-corrected chi connectivity index (χ4v) is 9.30. The molecule has 172 valence electrons. The van der Waals surface area contributed by atoms with Crippen LogP contribution in [0.1, 0.15) is 112 Å². The summed E-state index contributed by atoms with van der Waals surface area (Å²) < 4.78 is 0. The molecule has 0 unspecified atom stereocenters. The van der Waals surface area contributed by atoms with Crippen LogP contribution in [-0.2, 0) is 0 Å². The lowest BCUT2D eigenvalue weighted by Gasteiger charge is -2.58. The van der Waals surface area contributed by atoms with E-state index in [4.69, 9.17) is 0 Å². The number of allylic oxidation sites excluding steroid dienone is 1. The molecule has 3 fully saturated rings. The van der Waals surface area contributed by atoms with Gasteiger partial charge in [-0.25, -0.2) is 0 Å². The molecule has 30 heavy (non-hydrogen) atoms. The molecular formula is C29H50O. The van der Waals surface area contributed by atoms with Gasteiger partial charge in [-0.3, -0.25) is 0 Å². The Kier molecular flexibility index (Phi) is 6.53. The number of hydrogen-bond acceptors (Lipinski definition) is 1. The first-order valence-corrected chi connectivity index (χ1v) is 13.6. The molecule has 0 radical (unpaired) electrons. The first-order chi connectivity index (χ1) is 14.2. The third kappa shape index (κ3) is 3.74. The minimum Gasteiger partial charge on any atom is -0.393 e. The Morgan fingerprint density at radius 3 is 2.47 bits per heavy atom. The largest absolute Gasteiger partial charge is 0.393 e. The highest BCUT2D eigenvalue weighted by Gasteiger charge is 2.59. The highest BCUT2D eigenvalue weighted by Crippen LogP contribution is 2.67. The van der Waals surface area contributed by atoms with Crippen molar-refractivity contribution in [1.82, 2.24) is 0 Å².